The van der Waals surface area contributed by atoms with Crippen LogP contribution in [0, 0.1) is 5.82 Å². The summed E-state index contributed by atoms with van der Waals surface area (Å²) in [7, 11) is 1.52. The summed E-state index contributed by atoms with van der Waals surface area (Å²) >= 11 is 0. The molecule has 0 aliphatic rings. The molecule has 100 valence electrons. The summed E-state index contributed by atoms with van der Waals surface area (Å²) in [5.74, 6) is -0.00879. The van der Waals surface area contributed by atoms with Crippen LogP contribution in [0.15, 0.2) is 54.7 Å². The van der Waals surface area contributed by atoms with Gasteiger partial charge in [-0.15, -0.1) is 0 Å². The van der Waals surface area contributed by atoms with Gasteiger partial charge >= 0.3 is 0 Å². The Morgan fingerprint density at radius 1 is 1.15 bits per heavy atom. The number of halogens is 1. The molecule has 0 N–H and O–H groups in total. The van der Waals surface area contributed by atoms with Crippen LogP contribution in [-0.4, -0.2) is 17.6 Å². The van der Waals surface area contributed by atoms with Crippen LogP contribution >= 0.6 is 0 Å². The molecule has 3 nitrogen and oxygen atoms in total. The lowest BCUT2D eigenvalue weighted by Crippen LogP contribution is -2.11. The summed E-state index contributed by atoms with van der Waals surface area (Å²) in [4.78, 5) is 12.6. The van der Waals surface area contributed by atoms with Crippen molar-refractivity contribution in [3.8, 4) is 5.75 Å². The number of hydrogen-bond acceptors (Lipinski definition) is 2. The number of ether oxygens (including phenoxy) is 1. The lowest BCUT2D eigenvalue weighted by Gasteiger charge is -2.08. The Morgan fingerprint density at radius 2 is 1.95 bits per heavy atom. The quantitative estimate of drug-likeness (QED) is 0.713. The highest BCUT2D eigenvalue weighted by Crippen LogP contribution is 2.22. The lowest BCUT2D eigenvalue weighted by atomic mass is 10.2. The predicted molar refractivity (Wildman–Crippen MR) is 74.6 cm³/mol. The van der Waals surface area contributed by atoms with Crippen LogP contribution in [0.2, 0.25) is 0 Å². The van der Waals surface area contributed by atoms with Crippen molar-refractivity contribution in [2.24, 2.45) is 0 Å². The van der Waals surface area contributed by atoms with Gasteiger partial charge in [0.2, 0.25) is 0 Å². The van der Waals surface area contributed by atoms with Crippen molar-refractivity contribution in [1.29, 1.82) is 0 Å². The average Bonchev–Trinajstić information content (AvgIpc) is 2.89. The molecule has 0 aliphatic heterocycles. The molecule has 1 aromatic heterocycles. The van der Waals surface area contributed by atoms with Crippen molar-refractivity contribution in [3.05, 3.63) is 66.1 Å². The van der Waals surface area contributed by atoms with Crippen LogP contribution in [0.3, 0.4) is 0 Å². The van der Waals surface area contributed by atoms with E-state index in [2.05, 4.69) is 0 Å². The highest BCUT2D eigenvalue weighted by atomic mass is 19.1. The Morgan fingerprint density at radius 3 is 2.75 bits per heavy atom. The van der Waals surface area contributed by atoms with E-state index in [-0.39, 0.29) is 11.7 Å². The third-order valence-electron chi connectivity index (χ3n) is 3.21. The largest absolute Gasteiger partial charge is 0.496 e. The van der Waals surface area contributed by atoms with Crippen LogP contribution in [-0.2, 0) is 0 Å². The van der Waals surface area contributed by atoms with Gasteiger partial charge in [0, 0.05) is 11.6 Å². The van der Waals surface area contributed by atoms with Gasteiger partial charge in [0.05, 0.1) is 18.2 Å². The number of aromatic nitrogens is 1. The number of carbonyl (C=O) groups is 1. The Balaban J connectivity index is 2.13. The highest BCUT2D eigenvalue weighted by molar-refractivity contribution is 6.03. The third kappa shape index (κ3) is 1.95. The SMILES string of the molecule is COc1ccccc1C(=O)n1ccc2cc(F)ccc21. The summed E-state index contributed by atoms with van der Waals surface area (Å²) in [5.41, 5.74) is 1.14. The van der Waals surface area contributed by atoms with Gasteiger partial charge in [-0.25, -0.2) is 4.39 Å². The fraction of sp³-hybridized carbons (Fsp3) is 0.0625. The molecule has 0 amide bonds. The van der Waals surface area contributed by atoms with E-state index in [0.29, 0.717) is 22.2 Å². The average molecular weight is 269 g/mol. The summed E-state index contributed by atoms with van der Waals surface area (Å²) in [6.07, 6.45) is 1.64. The van der Waals surface area contributed by atoms with Crippen molar-refractivity contribution < 1.29 is 13.9 Å². The lowest BCUT2D eigenvalue weighted by molar-refractivity contribution is 0.0962. The van der Waals surface area contributed by atoms with Crippen molar-refractivity contribution in [2.75, 3.05) is 7.11 Å². The number of benzene rings is 2. The minimum Gasteiger partial charge on any atom is -0.496 e. The van der Waals surface area contributed by atoms with E-state index in [1.807, 2.05) is 0 Å². The number of carbonyl (C=O) groups excluding carboxylic acids is 1. The molecule has 0 unspecified atom stereocenters. The van der Waals surface area contributed by atoms with Crippen molar-refractivity contribution >= 4 is 16.8 Å². The van der Waals surface area contributed by atoms with Crippen molar-refractivity contribution in [1.82, 2.24) is 4.57 Å². The van der Waals surface area contributed by atoms with E-state index in [4.69, 9.17) is 4.74 Å². The molecule has 4 heteroatoms. The number of rotatable bonds is 2. The molecule has 0 aliphatic carbocycles. The molecule has 0 bridgehead atoms. The normalized spacial score (nSPS) is 10.7. The second-order valence-corrected chi connectivity index (χ2v) is 4.39. The number of fused-ring (bicyclic) bond motifs is 1. The van der Waals surface area contributed by atoms with Crippen LogP contribution in [0.5, 0.6) is 5.75 Å². The van der Waals surface area contributed by atoms with Gasteiger partial charge in [-0.1, -0.05) is 12.1 Å². The van der Waals surface area contributed by atoms with Gasteiger partial charge in [0.15, 0.2) is 0 Å². The molecule has 0 fully saturated rings. The highest BCUT2D eigenvalue weighted by Gasteiger charge is 2.15. The molecule has 1 heterocycles. The second-order valence-electron chi connectivity index (χ2n) is 4.39. The predicted octanol–water partition coefficient (Wildman–Crippen LogP) is 3.48. The zero-order valence-corrected chi connectivity index (χ0v) is 10.8. The fourth-order valence-electron chi connectivity index (χ4n) is 2.24. The van der Waals surface area contributed by atoms with E-state index in [1.54, 1.807) is 42.6 Å². The molecular weight excluding hydrogens is 257 g/mol. The first-order valence-corrected chi connectivity index (χ1v) is 6.15. The summed E-state index contributed by atoms with van der Waals surface area (Å²) < 4.78 is 19.9. The molecule has 3 aromatic rings. The van der Waals surface area contributed by atoms with Crippen molar-refractivity contribution in [3.63, 3.8) is 0 Å². The zero-order chi connectivity index (χ0) is 14.1. The van der Waals surface area contributed by atoms with Gasteiger partial charge in [-0.05, 0) is 36.4 Å². The van der Waals surface area contributed by atoms with Crippen molar-refractivity contribution in [2.45, 2.75) is 0 Å². The number of hydrogen-bond donors (Lipinski definition) is 0. The first-order valence-electron chi connectivity index (χ1n) is 6.15. The monoisotopic (exact) mass is 269 g/mol. The Hall–Kier alpha value is -2.62. The van der Waals surface area contributed by atoms with E-state index in [0.717, 1.165) is 0 Å². The molecule has 3 rings (SSSR count). The number of methoxy groups -OCH3 is 1. The van der Waals surface area contributed by atoms with Gasteiger partial charge in [-0.2, -0.15) is 0 Å². The Kier molecular flexibility index (Phi) is 2.99. The first-order chi connectivity index (χ1) is 9.70. The third-order valence-corrected chi connectivity index (χ3v) is 3.21. The molecule has 0 saturated carbocycles. The molecule has 0 radical (unpaired) electrons. The number of nitrogens with zero attached hydrogens (tertiary/aromatic N) is 1. The first kappa shape index (κ1) is 12.4. The molecule has 2 aromatic carbocycles. The van der Waals surface area contributed by atoms with E-state index >= 15 is 0 Å². The summed E-state index contributed by atoms with van der Waals surface area (Å²) in [5, 5.41) is 0.688. The zero-order valence-electron chi connectivity index (χ0n) is 10.8. The molecule has 0 saturated heterocycles. The topological polar surface area (TPSA) is 31.2 Å². The fourth-order valence-corrected chi connectivity index (χ4v) is 2.24. The molecular formula is C16H12FNO2. The smallest absolute Gasteiger partial charge is 0.266 e. The van der Waals surface area contributed by atoms with E-state index in [1.165, 1.54) is 23.8 Å². The van der Waals surface area contributed by atoms with Crippen LogP contribution < -0.4 is 4.74 Å². The molecule has 0 atom stereocenters. The number of para-hydroxylation sites is 1. The van der Waals surface area contributed by atoms with Gasteiger partial charge in [-0.3, -0.25) is 9.36 Å². The van der Waals surface area contributed by atoms with Crippen LogP contribution in [0.1, 0.15) is 10.4 Å². The van der Waals surface area contributed by atoms with E-state index in [9.17, 15) is 9.18 Å². The van der Waals surface area contributed by atoms with Gasteiger partial charge < -0.3 is 4.74 Å². The maximum Gasteiger partial charge on any atom is 0.266 e. The molecule has 20 heavy (non-hydrogen) atoms. The minimum absolute atomic E-state index is 0.205. The summed E-state index contributed by atoms with van der Waals surface area (Å²) in [6.45, 7) is 0. The molecule has 0 spiro atoms. The van der Waals surface area contributed by atoms with Gasteiger partial charge in [0.25, 0.3) is 5.91 Å². The van der Waals surface area contributed by atoms with Crippen LogP contribution in [0.4, 0.5) is 4.39 Å². The second kappa shape index (κ2) is 4.81. The Labute approximate surface area is 115 Å². The van der Waals surface area contributed by atoms with E-state index < -0.39 is 0 Å². The maximum absolute atomic E-state index is 13.2. The Bertz CT molecular complexity index is 792. The summed E-state index contributed by atoms with van der Waals surface area (Å²) in [6, 6.07) is 13.1. The van der Waals surface area contributed by atoms with Crippen LogP contribution in [0.25, 0.3) is 10.9 Å². The van der Waals surface area contributed by atoms with Gasteiger partial charge in [0.1, 0.15) is 11.6 Å². The standard InChI is InChI=1S/C16H12FNO2/c1-20-15-5-3-2-4-13(15)16(19)18-9-8-11-10-12(17)6-7-14(11)18/h2-10H,1H3. The maximum atomic E-state index is 13.2. The minimum atomic E-state index is -0.319.